The quantitative estimate of drug-likeness (QED) is 0.792. The van der Waals surface area contributed by atoms with Gasteiger partial charge in [-0.25, -0.2) is 0 Å². The van der Waals surface area contributed by atoms with Crippen LogP contribution in [-0.4, -0.2) is 16.1 Å². The molecule has 0 saturated carbocycles. The van der Waals surface area contributed by atoms with Crippen LogP contribution < -0.4 is 0 Å². The highest BCUT2D eigenvalue weighted by Crippen LogP contribution is 2.28. The molecule has 1 heterocycles. The van der Waals surface area contributed by atoms with E-state index in [1.807, 2.05) is 16.7 Å². The smallest absolute Gasteiger partial charge is 0.161 e. The lowest BCUT2D eigenvalue weighted by Crippen LogP contribution is -2.01. The van der Waals surface area contributed by atoms with Gasteiger partial charge in [-0.1, -0.05) is 23.7 Å². The van der Waals surface area contributed by atoms with Crippen LogP contribution in [0.25, 0.3) is 10.9 Å². The van der Waals surface area contributed by atoms with Crippen molar-refractivity contribution in [1.82, 2.24) is 4.57 Å². The summed E-state index contributed by atoms with van der Waals surface area (Å²) in [5, 5.41) is 1.45. The topological polar surface area (TPSA) is 39.1 Å². The number of hydrogen-bond donors (Lipinski definition) is 0. The van der Waals surface area contributed by atoms with Crippen molar-refractivity contribution in [2.45, 2.75) is 26.8 Å². The summed E-state index contributed by atoms with van der Waals surface area (Å²) in [5.41, 5.74) is 1.47. The van der Waals surface area contributed by atoms with Gasteiger partial charge in [0.05, 0.1) is 10.5 Å². The van der Waals surface area contributed by atoms with Crippen molar-refractivity contribution in [3.63, 3.8) is 0 Å². The van der Waals surface area contributed by atoms with Gasteiger partial charge in [0.15, 0.2) is 5.78 Å². The zero-order valence-corrected chi connectivity index (χ0v) is 11.1. The van der Waals surface area contributed by atoms with Gasteiger partial charge in [-0.05, 0) is 19.9 Å². The standard InChI is InChI=1S/C14H14ClNO2/c1-9(17)6-7-16-8-12(10(2)18)11-4-3-5-13(15)14(11)16/h3-5,8H,6-7H2,1-2H3. The van der Waals surface area contributed by atoms with E-state index in [-0.39, 0.29) is 11.6 Å². The van der Waals surface area contributed by atoms with Crippen LogP contribution in [0.1, 0.15) is 30.6 Å². The van der Waals surface area contributed by atoms with E-state index in [0.717, 1.165) is 10.9 Å². The van der Waals surface area contributed by atoms with E-state index >= 15 is 0 Å². The summed E-state index contributed by atoms with van der Waals surface area (Å²) >= 11 is 6.18. The molecular weight excluding hydrogens is 250 g/mol. The van der Waals surface area contributed by atoms with E-state index in [4.69, 9.17) is 11.6 Å². The normalized spacial score (nSPS) is 10.8. The molecule has 0 amide bonds. The predicted molar refractivity (Wildman–Crippen MR) is 72.3 cm³/mol. The first kappa shape index (κ1) is 12.8. The number of ketones is 2. The number of Topliss-reactive ketones (excluding diaryl/α,β-unsaturated/α-hetero) is 2. The Hall–Kier alpha value is -1.61. The van der Waals surface area contributed by atoms with Crippen LogP contribution in [0.15, 0.2) is 24.4 Å². The van der Waals surface area contributed by atoms with E-state index in [1.54, 1.807) is 19.2 Å². The summed E-state index contributed by atoms with van der Waals surface area (Å²) in [4.78, 5) is 22.7. The maximum atomic E-state index is 11.6. The number of nitrogens with zero attached hydrogens (tertiary/aromatic N) is 1. The summed E-state index contributed by atoms with van der Waals surface area (Å²) in [6, 6.07) is 5.49. The van der Waals surface area contributed by atoms with Crippen molar-refractivity contribution in [3.8, 4) is 0 Å². The fourth-order valence-corrected chi connectivity index (χ4v) is 2.33. The highest BCUT2D eigenvalue weighted by Gasteiger charge is 2.14. The lowest BCUT2D eigenvalue weighted by molar-refractivity contribution is -0.117. The number of hydrogen-bond acceptors (Lipinski definition) is 2. The van der Waals surface area contributed by atoms with Crippen LogP contribution in [0.4, 0.5) is 0 Å². The van der Waals surface area contributed by atoms with Crippen LogP contribution in [-0.2, 0) is 11.3 Å². The largest absolute Gasteiger partial charge is 0.345 e. The predicted octanol–water partition coefficient (Wildman–Crippen LogP) is 3.48. The SMILES string of the molecule is CC(=O)CCn1cc(C(C)=O)c2cccc(Cl)c21. The summed E-state index contributed by atoms with van der Waals surface area (Å²) < 4.78 is 1.88. The summed E-state index contributed by atoms with van der Waals surface area (Å²) in [5.74, 6) is 0.122. The van der Waals surface area contributed by atoms with Crippen LogP contribution >= 0.6 is 11.6 Å². The average molecular weight is 264 g/mol. The van der Waals surface area contributed by atoms with Gasteiger partial charge in [-0.15, -0.1) is 0 Å². The van der Waals surface area contributed by atoms with E-state index < -0.39 is 0 Å². The minimum absolute atomic E-state index is 0.00356. The van der Waals surface area contributed by atoms with E-state index in [9.17, 15) is 9.59 Å². The number of halogens is 1. The number of aryl methyl sites for hydroxylation is 1. The molecule has 0 N–H and O–H groups in total. The Balaban J connectivity index is 2.58. The van der Waals surface area contributed by atoms with Crippen molar-refractivity contribution in [3.05, 3.63) is 35.0 Å². The molecule has 0 radical (unpaired) electrons. The molecule has 0 atom stereocenters. The molecule has 0 aliphatic rings. The molecule has 18 heavy (non-hydrogen) atoms. The van der Waals surface area contributed by atoms with E-state index in [2.05, 4.69) is 0 Å². The van der Waals surface area contributed by atoms with Gasteiger partial charge in [-0.3, -0.25) is 9.59 Å². The zero-order valence-electron chi connectivity index (χ0n) is 10.4. The van der Waals surface area contributed by atoms with Gasteiger partial charge in [0.1, 0.15) is 5.78 Å². The molecule has 0 spiro atoms. The Kier molecular flexibility index (Phi) is 3.53. The second-order valence-corrected chi connectivity index (χ2v) is 4.79. The summed E-state index contributed by atoms with van der Waals surface area (Å²) in [6.07, 6.45) is 2.22. The molecule has 94 valence electrons. The number of aromatic nitrogens is 1. The first-order valence-corrected chi connectivity index (χ1v) is 6.16. The maximum Gasteiger partial charge on any atom is 0.161 e. The third-order valence-corrected chi connectivity index (χ3v) is 3.24. The number of fused-ring (bicyclic) bond motifs is 1. The van der Waals surface area contributed by atoms with Crippen LogP contribution in [0, 0.1) is 0 Å². The van der Waals surface area contributed by atoms with E-state index in [0.29, 0.717) is 23.6 Å². The van der Waals surface area contributed by atoms with Crippen molar-refractivity contribution in [2.24, 2.45) is 0 Å². The highest BCUT2D eigenvalue weighted by atomic mass is 35.5. The average Bonchev–Trinajstić information content (AvgIpc) is 2.67. The minimum Gasteiger partial charge on any atom is -0.345 e. The van der Waals surface area contributed by atoms with Gasteiger partial charge >= 0.3 is 0 Å². The van der Waals surface area contributed by atoms with Crippen LogP contribution in [0.2, 0.25) is 5.02 Å². The second kappa shape index (κ2) is 4.94. The number of benzene rings is 1. The van der Waals surface area contributed by atoms with Gasteiger partial charge in [-0.2, -0.15) is 0 Å². The molecule has 0 aliphatic heterocycles. The summed E-state index contributed by atoms with van der Waals surface area (Å²) in [6.45, 7) is 3.63. The number of rotatable bonds is 4. The minimum atomic E-state index is 0.00356. The highest BCUT2D eigenvalue weighted by molar-refractivity contribution is 6.35. The first-order chi connectivity index (χ1) is 8.50. The van der Waals surface area contributed by atoms with Crippen molar-refractivity contribution in [2.75, 3.05) is 0 Å². The molecule has 3 nitrogen and oxygen atoms in total. The zero-order chi connectivity index (χ0) is 13.3. The van der Waals surface area contributed by atoms with Gasteiger partial charge in [0.2, 0.25) is 0 Å². The lowest BCUT2D eigenvalue weighted by atomic mass is 10.1. The molecule has 0 fully saturated rings. The molecule has 1 aromatic carbocycles. The Morgan fingerprint density at radius 2 is 2.00 bits per heavy atom. The van der Waals surface area contributed by atoms with Gasteiger partial charge in [0.25, 0.3) is 0 Å². The Bertz CT molecular complexity index is 628. The van der Waals surface area contributed by atoms with Crippen molar-refractivity contribution < 1.29 is 9.59 Å². The fraction of sp³-hybridized carbons (Fsp3) is 0.286. The molecule has 4 heteroatoms. The Morgan fingerprint density at radius 1 is 1.28 bits per heavy atom. The molecule has 0 saturated heterocycles. The molecule has 2 rings (SSSR count). The molecule has 0 aliphatic carbocycles. The Morgan fingerprint density at radius 3 is 2.61 bits per heavy atom. The number of para-hydroxylation sites is 1. The Labute approximate surface area is 110 Å². The molecular formula is C14H14ClNO2. The second-order valence-electron chi connectivity index (χ2n) is 4.38. The molecule has 1 aromatic heterocycles. The molecule has 0 unspecified atom stereocenters. The summed E-state index contributed by atoms with van der Waals surface area (Å²) in [7, 11) is 0. The van der Waals surface area contributed by atoms with Crippen molar-refractivity contribution >= 4 is 34.1 Å². The van der Waals surface area contributed by atoms with Crippen LogP contribution in [0.5, 0.6) is 0 Å². The molecule has 0 bridgehead atoms. The van der Waals surface area contributed by atoms with E-state index in [1.165, 1.54) is 6.92 Å². The third kappa shape index (κ3) is 2.31. The van der Waals surface area contributed by atoms with Crippen molar-refractivity contribution in [1.29, 1.82) is 0 Å². The van der Waals surface area contributed by atoms with Gasteiger partial charge in [0, 0.05) is 30.1 Å². The first-order valence-electron chi connectivity index (χ1n) is 5.78. The number of carbonyl (C=O) groups is 2. The monoisotopic (exact) mass is 263 g/mol. The molecule has 2 aromatic rings. The van der Waals surface area contributed by atoms with Gasteiger partial charge < -0.3 is 4.57 Å². The lowest BCUT2D eigenvalue weighted by Gasteiger charge is -2.04. The number of carbonyl (C=O) groups excluding carboxylic acids is 2. The van der Waals surface area contributed by atoms with Crippen LogP contribution in [0.3, 0.4) is 0 Å². The third-order valence-electron chi connectivity index (χ3n) is 2.93. The maximum absolute atomic E-state index is 11.6. The fourth-order valence-electron chi connectivity index (χ4n) is 2.05.